The fourth-order valence-electron chi connectivity index (χ4n) is 5.28. The zero-order valence-corrected chi connectivity index (χ0v) is 23.3. The summed E-state index contributed by atoms with van der Waals surface area (Å²) in [5.74, 6) is -4.17. The van der Waals surface area contributed by atoms with Crippen molar-refractivity contribution in [2.45, 2.75) is 98.8 Å². The summed E-state index contributed by atoms with van der Waals surface area (Å²) >= 11 is 0. The third-order valence-corrected chi connectivity index (χ3v) is 7.41. The Kier molecular flexibility index (Phi) is 11.5. The molecular weight excluding hydrogens is 464 g/mol. The highest BCUT2D eigenvalue weighted by Crippen LogP contribution is 2.42. The quantitative estimate of drug-likeness (QED) is 0.114. The van der Waals surface area contributed by atoms with Gasteiger partial charge in [0.2, 0.25) is 11.6 Å². The van der Waals surface area contributed by atoms with Crippen LogP contribution in [0.2, 0.25) is 0 Å². The van der Waals surface area contributed by atoms with Crippen molar-refractivity contribution in [1.82, 2.24) is 0 Å². The monoisotopic (exact) mass is 508 g/mol. The van der Waals surface area contributed by atoms with E-state index >= 15 is 0 Å². The van der Waals surface area contributed by atoms with Crippen molar-refractivity contribution in [3.63, 3.8) is 0 Å². The molecule has 2 aliphatic rings. The number of hydrogen-bond acceptors (Lipinski definition) is 4. The number of allylic oxidation sites excluding steroid dienone is 9. The highest BCUT2D eigenvalue weighted by Gasteiger charge is 2.42. The first kappa shape index (κ1) is 30.3. The molecule has 2 aliphatic carbocycles. The van der Waals surface area contributed by atoms with E-state index in [1.165, 1.54) is 11.1 Å². The maximum atomic E-state index is 13.2. The summed E-state index contributed by atoms with van der Waals surface area (Å²) < 4.78 is 0. The number of rotatable bonds is 13. The molecule has 0 saturated heterocycles. The Hall–Kier alpha value is -2.95. The molecule has 0 aromatic heterocycles. The second-order valence-electron chi connectivity index (χ2n) is 10.9. The van der Waals surface area contributed by atoms with E-state index < -0.39 is 34.8 Å². The highest BCUT2D eigenvalue weighted by molar-refractivity contribution is 6.51. The van der Waals surface area contributed by atoms with Gasteiger partial charge in [0.25, 0.3) is 0 Å². The molecule has 2 N–H and O–H groups in total. The van der Waals surface area contributed by atoms with Gasteiger partial charge < -0.3 is 10.2 Å². The van der Waals surface area contributed by atoms with Crippen molar-refractivity contribution in [2.75, 3.05) is 0 Å². The summed E-state index contributed by atoms with van der Waals surface area (Å²) in [6.07, 6.45) is 14.6. The summed E-state index contributed by atoms with van der Waals surface area (Å²) in [5, 5.41) is 20.9. The molecule has 0 heterocycles. The topological polar surface area (TPSA) is 91.7 Å². The Morgan fingerprint density at radius 1 is 1.03 bits per heavy atom. The second-order valence-corrected chi connectivity index (χ2v) is 10.9. The van der Waals surface area contributed by atoms with Gasteiger partial charge in [-0.25, -0.2) is 4.79 Å². The molecule has 37 heavy (non-hydrogen) atoms. The summed E-state index contributed by atoms with van der Waals surface area (Å²) in [4.78, 5) is 38.4. The smallest absolute Gasteiger partial charge is 0.339 e. The third kappa shape index (κ3) is 8.28. The van der Waals surface area contributed by atoms with Crippen LogP contribution in [0.15, 0.2) is 69.6 Å². The molecule has 2 rings (SSSR count). The molecule has 0 spiro atoms. The van der Waals surface area contributed by atoms with Crippen molar-refractivity contribution >= 4 is 17.5 Å². The molecule has 0 saturated carbocycles. The van der Waals surface area contributed by atoms with E-state index in [1.807, 2.05) is 19.9 Å². The van der Waals surface area contributed by atoms with Gasteiger partial charge in [0, 0.05) is 11.5 Å². The van der Waals surface area contributed by atoms with Crippen LogP contribution in [-0.4, -0.2) is 27.7 Å². The van der Waals surface area contributed by atoms with Crippen molar-refractivity contribution in [3.05, 3.63) is 69.6 Å². The van der Waals surface area contributed by atoms with Gasteiger partial charge in [0.15, 0.2) is 0 Å². The molecule has 0 aromatic rings. The van der Waals surface area contributed by atoms with E-state index in [0.29, 0.717) is 6.42 Å². The van der Waals surface area contributed by atoms with Gasteiger partial charge >= 0.3 is 5.97 Å². The number of hydrogen-bond donors (Lipinski definition) is 2. The molecule has 5 heteroatoms. The molecule has 202 valence electrons. The molecule has 0 fully saturated rings. The zero-order valence-electron chi connectivity index (χ0n) is 23.3. The number of ketones is 2. The van der Waals surface area contributed by atoms with Gasteiger partial charge in [-0.2, -0.15) is 0 Å². The Labute approximate surface area is 222 Å². The maximum absolute atomic E-state index is 13.2. The first-order valence-electron chi connectivity index (χ1n) is 13.6. The fourth-order valence-corrected chi connectivity index (χ4v) is 5.28. The van der Waals surface area contributed by atoms with E-state index in [0.717, 1.165) is 62.5 Å². The lowest BCUT2D eigenvalue weighted by Crippen LogP contribution is -2.35. The van der Waals surface area contributed by atoms with Crippen molar-refractivity contribution in [3.8, 4) is 0 Å². The normalized spacial score (nSPS) is 20.8. The third-order valence-electron chi connectivity index (χ3n) is 7.41. The van der Waals surface area contributed by atoms with E-state index in [4.69, 9.17) is 0 Å². The number of carboxylic acid groups (broad SMARTS) is 1. The molecule has 5 nitrogen and oxygen atoms in total. The number of unbranched alkanes of at least 4 members (excludes halogenated alkanes) is 4. The van der Waals surface area contributed by atoms with Crippen LogP contribution < -0.4 is 0 Å². The van der Waals surface area contributed by atoms with Gasteiger partial charge in [-0.3, -0.25) is 9.59 Å². The lowest BCUT2D eigenvalue weighted by molar-refractivity contribution is -0.135. The Balaban J connectivity index is 2.09. The number of aliphatic hydroxyl groups excluding tert-OH is 1. The van der Waals surface area contributed by atoms with Crippen LogP contribution in [-0.2, 0) is 14.4 Å². The first-order valence-corrected chi connectivity index (χ1v) is 13.6. The van der Waals surface area contributed by atoms with Crippen LogP contribution in [0.1, 0.15) is 98.8 Å². The largest absolute Gasteiger partial charge is 0.507 e. The molecule has 0 radical (unpaired) electrons. The molecular formula is C32H44O5. The van der Waals surface area contributed by atoms with Crippen LogP contribution in [0.3, 0.4) is 0 Å². The number of carbonyl (C=O) groups is 3. The number of carboxylic acids is 1. The van der Waals surface area contributed by atoms with Gasteiger partial charge in [0.1, 0.15) is 11.3 Å². The SMILES string of the molecule is C=C(C)[C@@H]1CCC(C)=C[C@H]1C1=C(O)C(C(=O)O)=C(CCCCCCC=C(C)CCC=C(C)C)C(=O)C1=O. The van der Waals surface area contributed by atoms with Crippen LogP contribution in [0, 0.1) is 11.8 Å². The van der Waals surface area contributed by atoms with Gasteiger partial charge in [-0.1, -0.05) is 59.9 Å². The number of Topliss-reactive ketones (excluding diaryl/α,β-unsaturated/α-hetero) is 2. The number of aliphatic hydroxyl groups is 1. The fraction of sp³-hybridized carbons (Fsp3) is 0.531. The molecule has 0 aliphatic heterocycles. The van der Waals surface area contributed by atoms with Crippen molar-refractivity contribution < 1.29 is 24.6 Å². The van der Waals surface area contributed by atoms with Crippen molar-refractivity contribution in [1.29, 1.82) is 0 Å². The highest BCUT2D eigenvalue weighted by atomic mass is 16.4. The minimum atomic E-state index is -1.37. The van der Waals surface area contributed by atoms with Crippen LogP contribution in [0.25, 0.3) is 0 Å². The van der Waals surface area contributed by atoms with E-state index in [1.54, 1.807) is 0 Å². The first-order chi connectivity index (χ1) is 17.5. The average molecular weight is 509 g/mol. The number of aliphatic carboxylic acids is 1. The predicted molar refractivity (Wildman–Crippen MR) is 149 cm³/mol. The van der Waals surface area contributed by atoms with Crippen LogP contribution in [0.4, 0.5) is 0 Å². The lowest BCUT2D eigenvalue weighted by Gasteiger charge is -2.33. The minimum absolute atomic E-state index is 0.0721. The summed E-state index contributed by atoms with van der Waals surface area (Å²) in [6, 6.07) is 0. The standard InChI is InChI=1S/C32H44O5/c1-20(2)13-12-15-22(5)14-10-8-7-9-11-16-25-28(32(36)37)30(34)27(31(35)29(25)33)26-19-23(6)17-18-24(26)21(3)4/h13-14,19,24,26,34H,3,7-12,15-18H2,1-2,4-6H3,(H,36,37)/t24-,26+/m0/s1. The van der Waals surface area contributed by atoms with Crippen LogP contribution >= 0.6 is 0 Å². The Morgan fingerprint density at radius 3 is 2.32 bits per heavy atom. The number of carbonyl (C=O) groups excluding carboxylic acids is 2. The Morgan fingerprint density at radius 2 is 1.70 bits per heavy atom. The van der Waals surface area contributed by atoms with E-state index in [9.17, 15) is 24.6 Å². The second kappa shape index (κ2) is 14.1. The molecule has 0 unspecified atom stereocenters. The molecule has 2 atom stereocenters. The summed E-state index contributed by atoms with van der Waals surface area (Å²) in [7, 11) is 0. The lowest BCUT2D eigenvalue weighted by atomic mass is 9.70. The van der Waals surface area contributed by atoms with Gasteiger partial charge in [-0.05, 0) is 91.9 Å². The van der Waals surface area contributed by atoms with Crippen LogP contribution in [0.5, 0.6) is 0 Å². The predicted octanol–water partition coefficient (Wildman–Crippen LogP) is 7.91. The molecule has 0 aromatic carbocycles. The molecule has 0 amide bonds. The zero-order chi connectivity index (χ0) is 27.7. The molecule has 0 bridgehead atoms. The average Bonchev–Trinajstić information content (AvgIpc) is 2.80. The minimum Gasteiger partial charge on any atom is -0.507 e. The van der Waals surface area contributed by atoms with Gasteiger partial charge in [-0.15, -0.1) is 0 Å². The van der Waals surface area contributed by atoms with E-state index in [-0.39, 0.29) is 23.5 Å². The summed E-state index contributed by atoms with van der Waals surface area (Å²) in [6.45, 7) is 14.2. The van der Waals surface area contributed by atoms with Gasteiger partial charge in [0.05, 0.1) is 5.57 Å². The summed E-state index contributed by atoms with van der Waals surface area (Å²) in [5.41, 5.74) is 4.04. The Bertz CT molecular complexity index is 1070. The van der Waals surface area contributed by atoms with E-state index in [2.05, 4.69) is 39.5 Å². The maximum Gasteiger partial charge on any atom is 0.339 e. The van der Waals surface area contributed by atoms with Crippen molar-refractivity contribution in [2.24, 2.45) is 11.8 Å².